The van der Waals surface area contributed by atoms with Crippen molar-refractivity contribution in [3.63, 3.8) is 0 Å². The first kappa shape index (κ1) is 21.1. The van der Waals surface area contributed by atoms with Crippen LogP contribution in [0.3, 0.4) is 0 Å². The van der Waals surface area contributed by atoms with Gasteiger partial charge in [-0.25, -0.2) is 4.79 Å². The predicted molar refractivity (Wildman–Crippen MR) is 120 cm³/mol. The number of thiocarbonyl (C=S) groups is 1. The molecule has 5 nitrogen and oxygen atoms in total. The van der Waals surface area contributed by atoms with Crippen LogP contribution in [0.2, 0.25) is 0 Å². The Kier molecular flexibility index (Phi) is 6.39. The molecular weight excluding hydrogens is 406 g/mol. The quantitative estimate of drug-likeness (QED) is 0.520. The number of benzene rings is 2. The van der Waals surface area contributed by atoms with Gasteiger partial charge in [0, 0.05) is 0 Å². The van der Waals surface area contributed by atoms with Crippen LogP contribution in [0.1, 0.15) is 30.0 Å². The van der Waals surface area contributed by atoms with Gasteiger partial charge in [-0.15, -0.1) is 0 Å². The SMILES string of the molecule is CCC(Oc1ccc(/C=C2/SC(=S)N(c3ccc(C)c(C)c3)C2=O)cc1)C(=O)O. The molecule has 0 saturated carbocycles. The predicted octanol–water partition coefficient (Wildman–Crippen LogP) is 4.95. The van der Waals surface area contributed by atoms with Crippen molar-refractivity contribution in [2.24, 2.45) is 0 Å². The van der Waals surface area contributed by atoms with Crippen LogP contribution in [0.15, 0.2) is 47.4 Å². The van der Waals surface area contributed by atoms with Crippen LogP contribution in [0.25, 0.3) is 6.08 Å². The largest absolute Gasteiger partial charge is 0.479 e. The summed E-state index contributed by atoms with van der Waals surface area (Å²) in [4.78, 5) is 26.1. The molecule has 1 atom stereocenters. The van der Waals surface area contributed by atoms with Gasteiger partial charge >= 0.3 is 5.97 Å². The van der Waals surface area contributed by atoms with E-state index in [-0.39, 0.29) is 5.91 Å². The third-order valence-electron chi connectivity index (χ3n) is 4.64. The Morgan fingerprint density at radius 1 is 1.21 bits per heavy atom. The lowest BCUT2D eigenvalue weighted by Crippen LogP contribution is -2.27. The van der Waals surface area contributed by atoms with E-state index in [9.17, 15) is 9.59 Å². The van der Waals surface area contributed by atoms with Crippen molar-refractivity contribution < 1.29 is 19.4 Å². The van der Waals surface area contributed by atoms with E-state index in [1.807, 2.05) is 32.0 Å². The van der Waals surface area contributed by atoms with Crippen molar-refractivity contribution >= 4 is 51.9 Å². The number of hydrogen-bond acceptors (Lipinski definition) is 5. The van der Waals surface area contributed by atoms with Gasteiger partial charge in [0.1, 0.15) is 5.75 Å². The maximum absolute atomic E-state index is 12.9. The van der Waals surface area contributed by atoms with Crippen LogP contribution in [0.4, 0.5) is 5.69 Å². The van der Waals surface area contributed by atoms with Gasteiger partial charge < -0.3 is 9.84 Å². The molecule has 0 bridgehead atoms. The molecule has 1 fully saturated rings. The Morgan fingerprint density at radius 3 is 2.48 bits per heavy atom. The number of ether oxygens (including phenoxy) is 1. The highest BCUT2D eigenvalue weighted by Gasteiger charge is 2.33. The monoisotopic (exact) mass is 427 g/mol. The Labute approximate surface area is 179 Å². The van der Waals surface area contributed by atoms with Gasteiger partial charge in [0.05, 0.1) is 10.6 Å². The Morgan fingerprint density at radius 2 is 1.90 bits per heavy atom. The minimum absolute atomic E-state index is 0.152. The normalized spacial score (nSPS) is 16.4. The summed E-state index contributed by atoms with van der Waals surface area (Å²) in [6.07, 6.45) is 1.27. The molecule has 0 spiro atoms. The van der Waals surface area contributed by atoms with Crippen molar-refractivity contribution in [3.8, 4) is 5.75 Å². The molecule has 0 aliphatic carbocycles. The van der Waals surface area contributed by atoms with Crippen LogP contribution < -0.4 is 9.64 Å². The standard InChI is InChI=1S/C22H21NO4S2/c1-4-18(21(25)26)27-17-9-6-15(7-10-17)12-19-20(24)23(22(28)29-19)16-8-5-13(2)14(3)11-16/h5-12,18H,4H2,1-3H3,(H,25,26)/b19-12+. The maximum Gasteiger partial charge on any atom is 0.344 e. The van der Waals surface area contributed by atoms with E-state index in [1.54, 1.807) is 42.2 Å². The van der Waals surface area contributed by atoms with E-state index in [4.69, 9.17) is 22.1 Å². The molecule has 1 saturated heterocycles. The Hall–Kier alpha value is -2.64. The van der Waals surface area contributed by atoms with Crippen molar-refractivity contribution in [1.29, 1.82) is 0 Å². The van der Waals surface area contributed by atoms with Gasteiger partial charge in [0.25, 0.3) is 5.91 Å². The van der Waals surface area contributed by atoms with E-state index in [0.29, 0.717) is 21.4 Å². The number of carbonyl (C=O) groups excluding carboxylic acids is 1. The first-order valence-electron chi connectivity index (χ1n) is 9.15. The molecule has 7 heteroatoms. The van der Waals surface area contributed by atoms with Crippen LogP contribution >= 0.6 is 24.0 Å². The number of rotatable bonds is 6. The van der Waals surface area contributed by atoms with E-state index in [2.05, 4.69) is 0 Å². The molecule has 1 heterocycles. The molecule has 150 valence electrons. The summed E-state index contributed by atoms with van der Waals surface area (Å²) < 4.78 is 5.96. The number of hydrogen-bond donors (Lipinski definition) is 1. The van der Waals surface area contributed by atoms with Gasteiger partial charge in [0.15, 0.2) is 10.4 Å². The zero-order valence-corrected chi connectivity index (χ0v) is 18.0. The number of nitrogens with zero attached hydrogens (tertiary/aromatic N) is 1. The first-order chi connectivity index (χ1) is 13.8. The second kappa shape index (κ2) is 8.80. The zero-order chi connectivity index (χ0) is 21.1. The highest BCUT2D eigenvalue weighted by molar-refractivity contribution is 8.27. The fourth-order valence-electron chi connectivity index (χ4n) is 2.82. The third-order valence-corrected chi connectivity index (χ3v) is 5.95. The number of anilines is 1. The first-order valence-corrected chi connectivity index (χ1v) is 10.4. The highest BCUT2D eigenvalue weighted by Crippen LogP contribution is 2.36. The van der Waals surface area contributed by atoms with E-state index in [1.165, 1.54) is 11.8 Å². The average Bonchev–Trinajstić information content (AvgIpc) is 2.96. The Balaban J connectivity index is 1.78. The van der Waals surface area contributed by atoms with Crippen LogP contribution in [-0.2, 0) is 9.59 Å². The molecule has 2 aromatic rings. The molecule has 1 N–H and O–H groups in total. The number of aryl methyl sites for hydroxylation is 2. The second-order valence-corrected chi connectivity index (χ2v) is 8.38. The highest BCUT2D eigenvalue weighted by atomic mass is 32.2. The van der Waals surface area contributed by atoms with E-state index < -0.39 is 12.1 Å². The van der Waals surface area contributed by atoms with Crippen molar-refractivity contribution in [2.75, 3.05) is 4.90 Å². The fraction of sp³-hybridized carbons (Fsp3) is 0.227. The average molecular weight is 428 g/mol. The summed E-state index contributed by atoms with van der Waals surface area (Å²) in [6.45, 7) is 5.78. The third kappa shape index (κ3) is 4.68. The summed E-state index contributed by atoms with van der Waals surface area (Å²) in [5, 5.41) is 9.09. The smallest absolute Gasteiger partial charge is 0.344 e. The summed E-state index contributed by atoms with van der Waals surface area (Å²) in [7, 11) is 0. The minimum Gasteiger partial charge on any atom is -0.479 e. The Bertz CT molecular complexity index is 998. The van der Waals surface area contributed by atoms with E-state index >= 15 is 0 Å². The molecular formula is C22H21NO4S2. The van der Waals surface area contributed by atoms with Gasteiger partial charge in [-0.3, -0.25) is 9.69 Å². The lowest BCUT2D eigenvalue weighted by Gasteiger charge is -2.16. The summed E-state index contributed by atoms with van der Waals surface area (Å²) in [5.74, 6) is -0.675. The number of aliphatic carboxylic acids is 1. The lowest BCUT2D eigenvalue weighted by atomic mass is 10.1. The van der Waals surface area contributed by atoms with Crippen LogP contribution in [-0.4, -0.2) is 27.4 Å². The topological polar surface area (TPSA) is 66.8 Å². The zero-order valence-electron chi connectivity index (χ0n) is 16.3. The number of carbonyl (C=O) groups is 2. The molecule has 1 amide bonds. The fourth-order valence-corrected chi connectivity index (χ4v) is 4.12. The molecule has 0 aromatic heterocycles. The summed E-state index contributed by atoms with van der Waals surface area (Å²) in [6, 6.07) is 12.8. The van der Waals surface area contributed by atoms with E-state index in [0.717, 1.165) is 22.4 Å². The minimum atomic E-state index is -0.994. The maximum atomic E-state index is 12.9. The van der Waals surface area contributed by atoms with Crippen LogP contribution in [0, 0.1) is 13.8 Å². The number of carboxylic acids is 1. The molecule has 3 rings (SSSR count). The molecule has 2 aromatic carbocycles. The number of amides is 1. The molecule has 1 aliphatic heterocycles. The van der Waals surface area contributed by atoms with Crippen LogP contribution in [0.5, 0.6) is 5.75 Å². The number of thioether (sulfide) groups is 1. The van der Waals surface area contributed by atoms with Gasteiger partial charge in [0.2, 0.25) is 0 Å². The van der Waals surface area contributed by atoms with Gasteiger partial charge in [-0.05, 0) is 67.3 Å². The second-order valence-electron chi connectivity index (χ2n) is 6.71. The number of carboxylic acid groups (broad SMARTS) is 1. The summed E-state index contributed by atoms with van der Waals surface area (Å²) in [5.41, 5.74) is 3.83. The van der Waals surface area contributed by atoms with Gasteiger partial charge in [-0.1, -0.05) is 49.1 Å². The molecule has 1 unspecified atom stereocenters. The van der Waals surface area contributed by atoms with Crippen molar-refractivity contribution in [1.82, 2.24) is 0 Å². The molecule has 1 aliphatic rings. The summed E-state index contributed by atoms with van der Waals surface area (Å²) >= 11 is 6.69. The molecule has 0 radical (unpaired) electrons. The lowest BCUT2D eigenvalue weighted by molar-refractivity contribution is -0.145. The van der Waals surface area contributed by atoms with Crippen molar-refractivity contribution in [3.05, 3.63) is 64.1 Å². The van der Waals surface area contributed by atoms with Crippen molar-refractivity contribution in [2.45, 2.75) is 33.3 Å². The molecule has 29 heavy (non-hydrogen) atoms. The van der Waals surface area contributed by atoms with Gasteiger partial charge in [-0.2, -0.15) is 0 Å².